The highest BCUT2D eigenvalue weighted by molar-refractivity contribution is 6.46. The molecule has 2 aromatic rings. The number of aliphatic hydroxyl groups is 1. The molecule has 4 rings (SSSR count). The summed E-state index contributed by atoms with van der Waals surface area (Å²) in [7, 11) is 0. The van der Waals surface area contributed by atoms with Crippen molar-refractivity contribution >= 4 is 17.4 Å². The van der Waals surface area contributed by atoms with Crippen molar-refractivity contribution in [2.75, 3.05) is 46.0 Å². The zero-order valence-corrected chi connectivity index (χ0v) is 19.6. The number of ketones is 1. The molecule has 0 aromatic heterocycles. The lowest BCUT2D eigenvalue weighted by Gasteiger charge is -2.29. The normalized spacial score (nSPS) is 20.6. The third-order valence-electron chi connectivity index (χ3n) is 6.23. The van der Waals surface area contributed by atoms with Crippen molar-refractivity contribution in [3.8, 4) is 5.75 Å². The van der Waals surface area contributed by atoms with Crippen molar-refractivity contribution in [2.24, 2.45) is 0 Å². The number of morpholine rings is 1. The summed E-state index contributed by atoms with van der Waals surface area (Å²) in [6.07, 6.45) is 1.63. The van der Waals surface area contributed by atoms with Crippen LogP contribution in [0.5, 0.6) is 5.75 Å². The SMILES string of the molecule is CCCOc1ccc(C2/C(=C(\O)c3ccccc3)C(=O)C(=O)N2CCCN2CCOCC2)cc1. The highest BCUT2D eigenvalue weighted by Crippen LogP contribution is 2.39. The van der Waals surface area contributed by atoms with Crippen LogP contribution in [-0.2, 0) is 14.3 Å². The predicted molar refractivity (Wildman–Crippen MR) is 130 cm³/mol. The van der Waals surface area contributed by atoms with Crippen molar-refractivity contribution in [1.29, 1.82) is 0 Å². The van der Waals surface area contributed by atoms with Gasteiger partial charge in [0, 0.05) is 31.7 Å². The minimum absolute atomic E-state index is 0.129. The van der Waals surface area contributed by atoms with Crippen LogP contribution in [0.4, 0.5) is 0 Å². The number of amides is 1. The van der Waals surface area contributed by atoms with Crippen LogP contribution in [-0.4, -0.2) is 72.6 Å². The number of benzene rings is 2. The molecule has 0 saturated carbocycles. The van der Waals surface area contributed by atoms with Crippen LogP contribution < -0.4 is 4.74 Å². The Hall–Kier alpha value is -3.16. The summed E-state index contributed by atoms with van der Waals surface area (Å²) >= 11 is 0. The van der Waals surface area contributed by atoms with Crippen LogP contribution in [0.3, 0.4) is 0 Å². The van der Waals surface area contributed by atoms with E-state index in [2.05, 4.69) is 4.90 Å². The van der Waals surface area contributed by atoms with E-state index >= 15 is 0 Å². The Bertz CT molecular complexity index is 1010. The molecule has 1 N–H and O–H groups in total. The first kappa shape index (κ1) is 24.0. The molecule has 7 heteroatoms. The molecule has 0 radical (unpaired) electrons. The van der Waals surface area contributed by atoms with Gasteiger partial charge in [0.2, 0.25) is 0 Å². The van der Waals surface area contributed by atoms with E-state index in [1.807, 2.05) is 37.3 Å². The van der Waals surface area contributed by atoms with Crippen LogP contribution >= 0.6 is 0 Å². The van der Waals surface area contributed by atoms with Crippen molar-refractivity contribution in [3.63, 3.8) is 0 Å². The molecule has 1 unspecified atom stereocenters. The van der Waals surface area contributed by atoms with Gasteiger partial charge in [0.15, 0.2) is 0 Å². The molecule has 1 atom stereocenters. The Balaban J connectivity index is 1.63. The molecule has 7 nitrogen and oxygen atoms in total. The Labute approximate surface area is 200 Å². The van der Waals surface area contributed by atoms with E-state index in [0.29, 0.717) is 31.9 Å². The standard InChI is InChI=1S/C27H32N2O5/c1-2-17-34-22-11-9-20(10-12-22)24-23(25(30)21-7-4-3-5-8-21)26(31)27(32)29(24)14-6-13-28-15-18-33-19-16-28/h3-5,7-12,24,30H,2,6,13-19H2,1H3/b25-23+. The van der Waals surface area contributed by atoms with Crippen LogP contribution in [0.25, 0.3) is 5.76 Å². The number of hydrogen-bond acceptors (Lipinski definition) is 6. The van der Waals surface area contributed by atoms with Gasteiger partial charge < -0.3 is 19.5 Å². The van der Waals surface area contributed by atoms with Crippen LogP contribution in [0.15, 0.2) is 60.2 Å². The monoisotopic (exact) mass is 464 g/mol. The van der Waals surface area contributed by atoms with Gasteiger partial charge in [-0.05, 0) is 30.5 Å². The van der Waals surface area contributed by atoms with Crippen molar-refractivity contribution in [1.82, 2.24) is 9.80 Å². The Morgan fingerprint density at radius 2 is 1.74 bits per heavy atom. The molecule has 0 bridgehead atoms. The van der Waals surface area contributed by atoms with E-state index in [4.69, 9.17) is 9.47 Å². The van der Waals surface area contributed by atoms with E-state index < -0.39 is 17.7 Å². The molecule has 0 aliphatic carbocycles. The van der Waals surface area contributed by atoms with E-state index in [-0.39, 0.29) is 11.3 Å². The first-order valence-corrected chi connectivity index (χ1v) is 12.0. The summed E-state index contributed by atoms with van der Waals surface area (Å²) in [6.45, 7) is 7.08. The highest BCUT2D eigenvalue weighted by Gasteiger charge is 2.45. The number of Topliss-reactive ketones (excluding diaryl/α,β-unsaturated/α-hetero) is 1. The molecular weight excluding hydrogens is 432 g/mol. The average molecular weight is 465 g/mol. The Morgan fingerprint density at radius 3 is 2.41 bits per heavy atom. The third kappa shape index (κ3) is 5.32. The number of carbonyl (C=O) groups is 2. The maximum Gasteiger partial charge on any atom is 0.295 e. The van der Waals surface area contributed by atoms with Crippen molar-refractivity contribution in [2.45, 2.75) is 25.8 Å². The van der Waals surface area contributed by atoms with E-state index in [0.717, 1.165) is 43.8 Å². The molecule has 2 heterocycles. The molecule has 2 saturated heterocycles. The summed E-state index contributed by atoms with van der Waals surface area (Å²) in [5.41, 5.74) is 1.42. The summed E-state index contributed by atoms with van der Waals surface area (Å²) in [5, 5.41) is 11.1. The summed E-state index contributed by atoms with van der Waals surface area (Å²) in [4.78, 5) is 30.1. The van der Waals surface area contributed by atoms with Gasteiger partial charge in [0.25, 0.3) is 11.7 Å². The van der Waals surface area contributed by atoms with Gasteiger partial charge in [-0.1, -0.05) is 49.4 Å². The lowest BCUT2D eigenvalue weighted by molar-refractivity contribution is -0.140. The molecular formula is C27H32N2O5. The van der Waals surface area contributed by atoms with Gasteiger partial charge in [0.1, 0.15) is 11.5 Å². The maximum absolute atomic E-state index is 13.1. The van der Waals surface area contributed by atoms with Crippen LogP contribution in [0.1, 0.15) is 36.9 Å². The summed E-state index contributed by atoms with van der Waals surface area (Å²) < 4.78 is 11.1. The summed E-state index contributed by atoms with van der Waals surface area (Å²) in [6, 6.07) is 15.7. The van der Waals surface area contributed by atoms with Gasteiger partial charge in [-0.15, -0.1) is 0 Å². The molecule has 0 spiro atoms. The number of rotatable bonds is 9. The molecule has 2 aliphatic rings. The second-order valence-corrected chi connectivity index (χ2v) is 8.58. The van der Waals surface area contributed by atoms with Gasteiger partial charge in [0.05, 0.1) is 31.4 Å². The predicted octanol–water partition coefficient (Wildman–Crippen LogP) is 3.62. The van der Waals surface area contributed by atoms with Crippen LogP contribution in [0, 0.1) is 0 Å². The average Bonchev–Trinajstić information content (AvgIpc) is 3.13. The second kappa shape index (κ2) is 11.3. The fraction of sp³-hybridized carbons (Fsp3) is 0.407. The van der Waals surface area contributed by atoms with Crippen LogP contribution in [0.2, 0.25) is 0 Å². The van der Waals surface area contributed by atoms with Gasteiger partial charge in [-0.25, -0.2) is 0 Å². The van der Waals surface area contributed by atoms with E-state index in [1.54, 1.807) is 29.2 Å². The molecule has 2 aromatic carbocycles. The minimum Gasteiger partial charge on any atom is -0.507 e. The Kier molecular flexibility index (Phi) is 7.98. The fourth-order valence-electron chi connectivity index (χ4n) is 4.46. The number of carbonyl (C=O) groups excluding carboxylic acids is 2. The zero-order valence-electron chi connectivity index (χ0n) is 19.6. The lowest BCUT2D eigenvalue weighted by Crippen LogP contribution is -2.38. The van der Waals surface area contributed by atoms with Gasteiger partial charge >= 0.3 is 0 Å². The first-order valence-electron chi connectivity index (χ1n) is 12.0. The molecule has 180 valence electrons. The molecule has 1 amide bonds. The maximum atomic E-state index is 13.1. The third-order valence-corrected chi connectivity index (χ3v) is 6.23. The second-order valence-electron chi connectivity index (χ2n) is 8.58. The van der Waals surface area contributed by atoms with Crippen molar-refractivity contribution < 1.29 is 24.2 Å². The number of hydrogen-bond donors (Lipinski definition) is 1. The van der Waals surface area contributed by atoms with Crippen molar-refractivity contribution in [3.05, 3.63) is 71.3 Å². The number of ether oxygens (including phenoxy) is 2. The Morgan fingerprint density at radius 1 is 1.03 bits per heavy atom. The lowest BCUT2D eigenvalue weighted by atomic mass is 9.95. The van der Waals surface area contributed by atoms with Gasteiger partial charge in [-0.2, -0.15) is 0 Å². The fourth-order valence-corrected chi connectivity index (χ4v) is 4.46. The van der Waals surface area contributed by atoms with E-state index in [9.17, 15) is 14.7 Å². The topological polar surface area (TPSA) is 79.3 Å². The van der Waals surface area contributed by atoms with Gasteiger partial charge in [-0.3, -0.25) is 14.5 Å². The first-order chi connectivity index (χ1) is 16.6. The molecule has 34 heavy (non-hydrogen) atoms. The number of likely N-dealkylation sites (tertiary alicyclic amines) is 1. The number of aliphatic hydroxyl groups excluding tert-OH is 1. The summed E-state index contributed by atoms with van der Waals surface area (Å²) in [5.74, 6) is -0.635. The minimum atomic E-state index is -0.649. The van der Waals surface area contributed by atoms with E-state index in [1.165, 1.54) is 0 Å². The zero-order chi connectivity index (χ0) is 23.9. The highest BCUT2D eigenvalue weighted by atomic mass is 16.5. The largest absolute Gasteiger partial charge is 0.507 e. The smallest absolute Gasteiger partial charge is 0.295 e. The molecule has 2 fully saturated rings. The number of nitrogens with zero attached hydrogens (tertiary/aromatic N) is 2. The molecule has 2 aliphatic heterocycles. The quantitative estimate of drug-likeness (QED) is 0.347.